The molecule has 4 heteroatoms. The van der Waals surface area contributed by atoms with Crippen LogP contribution in [0.3, 0.4) is 0 Å². The van der Waals surface area contributed by atoms with E-state index in [-0.39, 0.29) is 5.41 Å². The molecule has 0 fully saturated rings. The second-order valence-corrected chi connectivity index (χ2v) is 8.59. The summed E-state index contributed by atoms with van der Waals surface area (Å²) in [6, 6.07) is 17.4. The third-order valence-electron chi connectivity index (χ3n) is 4.53. The lowest BCUT2D eigenvalue weighted by Gasteiger charge is -2.19. The predicted molar refractivity (Wildman–Crippen MR) is 111 cm³/mol. The van der Waals surface area contributed by atoms with Crippen LogP contribution >= 0.6 is 11.8 Å². The number of hydrogen-bond donors (Lipinski definition) is 0. The Bertz CT molecular complexity index is 856. The van der Waals surface area contributed by atoms with Gasteiger partial charge in [-0.15, -0.1) is 10.2 Å². The van der Waals surface area contributed by atoms with E-state index in [0.29, 0.717) is 0 Å². The van der Waals surface area contributed by atoms with Crippen LogP contribution in [0, 0.1) is 6.92 Å². The van der Waals surface area contributed by atoms with Crippen molar-refractivity contribution in [3.8, 4) is 11.4 Å². The minimum atomic E-state index is 0.159. The maximum atomic E-state index is 4.47. The highest BCUT2D eigenvalue weighted by molar-refractivity contribution is 7.98. The van der Waals surface area contributed by atoms with Gasteiger partial charge < -0.3 is 4.57 Å². The summed E-state index contributed by atoms with van der Waals surface area (Å²) < 4.78 is 2.20. The summed E-state index contributed by atoms with van der Waals surface area (Å²) >= 11 is 1.74. The molecular formula is C22H27N3S. The summed E-state index contributed by atoms with van der Waals surface area (Å²) in [6.07, 6.45) is 0. The van der Waals surface area contributed by atoms with Crippen LogP contribution in [0.4, 0.5) is 0 Å². The van der Waals surface area contributed by atoms with Gasteiger partial charge in [-0.1, -0.05) is 86.6 Å². The molecular weight excluding hydrogens is 338 g/mol. The Balaban J connectivity index is 1.80. The smallest absolute Gasteiger partial charge is 0.191 e. The zero-order valence-electron chi connectivity index (χ0n) is 16.3. The van der Waals surface area contributed by atoms with Crippen molar-refractivity contribution in [3.05, 3.63) is 65.2 Å². The quantitative estimate of drug-likeness (QED) is 0.530. The number of hydrogen-bond acceptors (Lipinski definition) is 3. The first kappa shape index (κ1) is 18.7. The molecule has 1 aromatic heterocycles. The van der Waals surface area contributed by atoms with Gasteiger partial charge in [-0.05, 0) is 30.4 Å². The van der Waals surface area contributed by atoms with Crippen molar-refractivity contribution in [1.29, 1.82) is 0 Å². The molecule has 0 spiro atoms. The van der Waals surface area contributed by atoms with E-state index in [9.17, 15) is 0 Å². The van der Waals surface area contributed by atoms with Gasteiger partial charge in [0.25, 0.3) is 0 Å². The third-order valence-corrected chi connectivity index (χ3v) is 5.57. The molecule has 3 rings (SSSR count). The molecule has 0 saturated carbocycles. The van der Waals surface area contributed by atoms with Crippen LogP contribution in [0.2, 0.25) is 0 Å². The summed E-state index contributed by atoms with van der Waals surface area (Å²) in [5.74, 6) is 1.85. The van der Waals surface area contributed by atoms with E-state index in [1.54, 1.807) is 11.8 Å². The summed E-state index contributed by atoms with van der Waals surface area (Å²) in [7, 11) is 0. The Morgan fingerprint density at radius 2 is 1.58 bits per heavy atom. The second kappa shape index (κ2) is 7.67. The van der Waals surface area contributed by atoms with Crippen molar-refractivity contribution in [1.82, 2.24) is 14.8 Å². The first-order chi connectivity index (χ1) is 12.4. The second-order valence-electron chi connectivity index (χ2n) is 7.65. The highest BCUT2D eigenvalue weighted by Gasteiger charge is 2.16. The van der Waals surface area contributed by atoms with Crippen LogP contribution in [0.15, 0.2) is 53.7 Å². The van der Waals surface area contributed by atoms with Gasteiger partial charge >= 0.3 is 0 Å². The molecule has 0 aliphatic heterocycles. The number of benzene rings is 2. The highest BCUT2D eigenvalue weighted by atomic mass is 32.2. The number of nitrogens with zero attached hydrogens (tertiary/aromatic N) is 3. The number of aryl methyl sites for hydroxylation is 1. The predicted octanol–water partition coefficient (Wildman–Crippen LogP) is 5.86. The maximum Gasteiger partial charge on any atom is 0.191 e. The molecule has 0 radical (unpaired) electrons. The van der Waals surface area contributed by atoms with Gasteiger partial charge in [0, 0.05) is 17.9 Å². The molecule has 26 heavy (non-hydrogen) atoms. The molecule has 0 N–H and O–H groups in total. The monoisotopic (exact) mass is 365 g/mol. The minimum absolute atomic E-state index is 0.159. The summed E-state index contributed by atoms with van der Waals surface area (Å²) in [5.41, 5.74) is 5.21. The molecule has 0 saturated heterocycles. The van der Waals surface area contributed by atoms with E-state index >= 15 is 0 Å². The molecule has 0 amide bonds. The minimum Gasteiger partial charge on any atom is -0.302 e. The van der Waals surface area contributed by atoms with Gasteiger partial charge in [0.15, 0.2) is 11.0 Å². The standard InChI is InChI=1S/C22H27N3S/c1-6-25-20(18-11-13-19(14-12-18)22(3,4)5)23-24-21(25)26-15-17-9-7-16(2)8-10-17/h7-14H,6,15H2,1-5H3. The van der Waals surface area contributed by atoms with Crippen LogP contribution in [0.1, 0.15) is 44.4 Å². The van der Waals surface area contributed by atoms with Crippen molar-refractivity contribution in [3.63, 3.8) is 0 Å². The molecule has 0 aliphatic carbocycles. The van der Waals surface area contributed by atoms with Crippen LogP contribution in [-0.4, -0.2) is 14.8 Å². The molecule has 136 valence electrons. The highest BCUT2D eigenvalue weighted by Crippen LogP contribution is 2.28. The van der Waals surface area contributed by atoms with Crippen molar-refractivity contribution >= 4 is 11.8 Å². The average Bonchev–Trinajstić information content (AvgIpc) is 3.03. The summed E-state index contributed by atoms with van der Waals surface area (Å²) in [6.45, 7) is 11.8. The Labute approximate surface area is 160 Å². The first-order valence-corrected chi connectivity index (χ1v) is 10.1. The Hall–Kier alpha value is -2.07. The van der Waals surface area contributed by atoms with Crippen molar-refractivity contribution in [2.24, 2.45) is 0 Å². The maximum absolute atomic E-state index is 4.47. The summed E-state index contributed by atoms with van der Waals surface area (Å²) in [5, 5.41) is 9.89. The molecule has 0 bridgehead atoms. The normalized spacial score (nSPS) is 11.7. The van der Waals surface area contributed by atoms with E-state index in [2.05, 4.69) is 97.9 Å². The Morgan fingerprint density at radius 1 is 0.923 bits per heavy atom. The zero-order chi connectivity index (χ0) is 18.7. The van der Waals surface area contributed by atoms with Crippen molar-refractivity contribution < 1.29 is 0 Å². The number of thioether (sulfide) groups is 1. The van der Waals surface area contributed by atoms with E-state index in [0.717, 1.165) is 28.8 Å². The summed E-state index contributed by atoms with van der Waals surface area (Å²) in [4.78, 5) is 0. The van der Waals surface area contributed by atoms with Gasteiger partial charge in [-0.3, -0.25) is 0 Å². The topological polar surface area (TPSA) is 30.7 Å². The molecule has 0 atom stereocenters. The fraction of sp³-hybridized carbons (Fsp3) is 0.364. The van der Waals surface area contributed by atoms with Gasteiger partial charge in [0.2, 0.25) is 0 Å². The van der Waals surface area contributed by atoms with E-state index < -0.39 is 0 Å². The van der Waals surface area contributed by atoms with E-state index in [1.807, 2.05) is 0 Å². The van der Waals surface area contributed by atoms with Gasteiger partial charge in [0.05, 0.1) is 0 Å². The van der Waals surface area contributed by atoms with Crippen molar-refractivity contribution in [2.45, 2.75) is 57.5 Å². The molecule has 1 heterocycles. The molecule has 3 nitrogen and oxygen atoms in total. The number of rotatable bonds is 5. The molecule has 0 aliphatic rings. The lowest BCUT2D eigenvalue weighted by Crippen LogP contribution is -2.10. The lowest BCUT2D eigenvalue weighted by atomic mass is 9.87. The van der Waals surface area contributed by atoms with Gasteiger partial charge in [0.1, 0.15) is 0 Å². The van der Waals surface area contributed by atoms with Gasteiger partial charge in [-0.25, -0.2) is 0 Å². The van der Waals surface area contributed by atoms with Crippen LogP contribution < -0.4 is 0 Å². The van der Waals surface area contributed by atoms with E-state index in [4.69, 9.17) is 0 Å². The first-order valence-electron chi connectivity index (χ1n) is 9.11. The van der Waals surface area contributed by atoms with E-state index in [1.165, 1.54) is 16.7 Å². The average molecular weight is 366 g/mol. The zero-order valence-corrected chi connectivity index (χ0v) is 17.1. The lowest BCUT2D eigenvalue weighted by molar-refractivity contribution is 0.590. The largest absolute Gasteiger partial charge is 0.302 e. The fourth-order valence-corrected chi connectivity index (χ4v) is 3.80. The van der Waals surface area contributed by atoms with Gasteiger partial charge in [-0.2, -0.15) is 0 Å². The van der Waals surface area contributed by atoms with Crippen LogP contribution in [0.25, 0.3) is 11.4 Å². The van der Waals surface area contributed by atoms with Crippen LogP contribution in [0.5, 0.6) is 0 Å². The SMILES string of the molecule is CCn1c(SCc2ccc(C)cc2)nnc1-c1ccc(C(C)(C)C)cc1. The molecule has 3 aromatic rings. The van der Waals surface area contributed by atoms with Crippen LogP contribution in [-0.2, 0) is 17.7 Å². The fourth-order valence-electron chi connectivity index (χ4n) is 2.85. The molecule has 2 aromatic carbocycles. The Kier molecular flexibility index (Phi) is 5.52. The van der Waals surface area contributed by atoms with Crippen molar-refractivity contribution in [2.75, 3.05) is 0 Å². The Morgan fingerprint density at radius 3 is 2.15 bits per heavy atom. The molecule has 0 unspecified atom stereocenters. The third kappa shape index (κ3) is 4.18. The number of aromatic nitrogens is 3.